The lowest BCUT2D eigenvalue weighted by Crippen LogP contribution is -2.40. The van der Waals surface area contributed by atoms with E-state index in [1.807, 2.05) is 0 Å². The minimum Gasteiger partial charge on any atom is -0.302 e. The minimum atomic E-state index is -2.95. The quantitative estimate of drug-likeness (QED) is 0.0661. The van der Waals surface area contributed by atoms with Crippen molar-refractivity contribution in [1.29, 1.82) is 0 Å². The van der Waals surface area contributed by atoms with E-state index >= 15 is 0 Å². The molecule has 0 bridgehead atoms. The average molecular weight is 1240 g/mol. The fourth-order valence-electron chi connectivity index (χ4n) is 9.99. The van der Waals surface area contributed by atoms with Crippen LogP contribution < -0.4 is 0 Å². The van der Waals surface area contributed by atoms with Gasteiger partial charge < -0.3 is 4.90 Å². The third kappa shape index (κ3) is 36.3. The van der Waals surface area contributed by atoms with Crippen molar-refractivity contribution < 1.29 is 42.1 Å². The molecule has 0 spiro atoms. The molecular formula is C58H121N5O10S6. The maximum absolute atomic E-state index is 11.9. The average Bonchev–Trinajstić information content (AvgIpc) is 3.98. The van der Waals surface area contributed by atoms with Gasteiger partial charge in [-0.15, -0.1) is 0 Å². The smallest absolute Gasteiger partial charge is 0.214 e. The van der Waals surface area contributed by atoms with E-state index in [1.165, 1.54) is 45.1 Å². The lowest BCUT2D eigenvalue weighted by atomic mass is 10.0. The molecule has 0 saturated carbocycles. The Bertz CT molecular complexity index is 2290. The van der Waals surface area contributed by atoms with Crippen molar-refractivity contribution in [2.45, 2.75) is 199 Å². The van der Waals surface area contributed by atoms with Crippen LogP contribution in [-0.4, -0.2) is 194 Å². The molecular weight excluding hydrogens is 1120 g/mol. The third-order valence-electron chi connectivity index (χ3n) is 15.1. The fraction of sp³-hybridized carbons (Fsp3) is 0.966. The Balaban J connectivity index is 0.000000475. The SMILES string of the molecule is C=S1(=O)CC(CCC(C)C)C1.C=S1(=O)CCN(CCCC(C)C)CC1.CC(C)CCCCN1CCCS1(=O)=O.CC(C)CCCN1CCCS1(=O)=O.CC(C)CCCS(=O)(=O)N1CCCCC1.CC(C)CCN1CCCS1(=O)=O. The van der Waals surface area contributed by atoms with Crippen LogP contribution in [0.15, 0.2) is 0 Å². The highest BCUT2D eigenvalue weighted by molar-refractivity contribution is 8.01. The molecule has 0 radical (unpaired) electrons. The molecule has 15 nitrogen and oxygen atoms in total. The van der Waals surface area contributed by atoms with Crippen molar-refractivity contribution in [2.75, 3.05) is 118 Å². The topological polar surface area (TPSA) is 187 Å². The second kappa shape index (κ2) is 38.6. The van der Waals surface area contributed by atoms with Crippen LogP contribution >= 0.6 is 0 Å². The first kappa shape index (κ1) is 76.7. The summed E-state index contributed by atoms with van der Waals surface area (Å²) in [5, 5.41) is 0. The molecule has 0 atom stereocenters. The zero-order valence-corrected chi connectivity index (χ0v) is 57.3. The van der Waals surface area contributed by atoms with Gasteiger partial charge in [0, 0.05) is 88.5 Å². The van der Waals surface area contributed by atoms with E-state index in [4.69, 9.17) is 0 Å². The maximum Gasteiger partial charge on any atom is 0.214 e. The van der Waals surface area contributed by atoms with Gasteiger partial charge in [0.15, 0.2) is 0 Å². The normalized spacial score (nSPS) is 24.2. The van der Waals surface area contributed by atoms with Crippen molar-refractivity contribution >= 4 is 70.9 Å². The summed E-state index contributed by atoms with van der Waals surface area (Å²) in [5.74, 6) is 17.1. The second-order valence-corrected chi connectivity index (χ2v) is 39.7. The molecule has 6 aliphatic heterocycles. The van der Waals surface area contributed by atoms with Crippen molar-refractivity contribution in [3.8, 4) is 0 Å². The molecule has 6 heterocycles. The van der Waals surface area contributed by atoms with Crippen LogP contribution in [0.5, 0.6) is 0 Å². The highest BCUT2D eigenvalue weighted by atomic mass is 32.2. The predicted octanol–water partition coefficient (Wildman–Crippen LogP) is 9.84. The molecule has 21 heteroatoms. The van der Waals surface area contributed by atoms with Gasteiger partial charge in [-0.3, -0.25) is 8.42 Å². The van der Waals surface area contributed by atoms with Gasteiger partial charge in [0.25, 0.3) is 0 Å². The van der Waals surface area contributed by atoms with E-state index < -0.39 is 59.1 Å². The van der Waals surface area contributed by atoms with Gasteiger partial charge in [0.2, 0.25) is 40.1 Å². The standard InChI is InChI=1S/C11H23NO2S.C11H23NOS.C10H21NO2S.C9H19NO2S.C9H18OS.C8H17NO2S/c1-11(2)7-6-10-15(13,14)12-8-4-3-5-9-12;1-11(2)5-4-6-12-7-9-14(3,13)10-8-12;1-10(2)6-3-4-7-11-8-5-9-14(11,12)13;1-9(2)5-3-6-10-7-4-8-13(10,11)12;1-8(2)4-5-9-6-11(3,10)7-9;1-8(2)4-6-9-5-3-7-12(9,10)11/h11H,3-10H2,1-2H3;11H,3-10H2,1-2H3;10H,3-9H2,1-2H3;9H,3-8H2,1-2H3;8-9H,3-7H2,1-2H3;8H,3-7H2,1-2H3. The lowest BCUT2D eigenvalue weighted by Gasteiger charge is -2.30. The zero-order valence-electron chi connectivity index (χ0n) is 52.4. The lowest BCUT2D eigenvalue weighted by molar-refractivity contribution is 0.286. The fourth-order valence-corrected chi connectivity index (χ4v) is 19.6. The largest absolute Gasteiger partial charge is 0.302 e. The van der Waals surface area contributed by atoms with E-state index in [1.54, 1.807) is 17.2 Å². The summed E-state index contributed by atoms with van der Waals surface area (Å²) >= 11 is 0. The zero-order chi connectivity index (χ0) is 60.1. The van der Waals surface area contributed by atoms with Crippen LogP contribution in [0.2, 0.25) is 0 Å². The van der Waals surface area contributed by atoms with E-state index in [0.717, 1.165) is 183 Å². The summed E-state index contributed by atoms with van der Waals surface area (Å²) in [7, 11) is -14.8. The molecule has 0 aromatic rings. The number of unbranched alkanes of at least 4 members (excludes halogenated alkanes) is 1. The van der Waals surface area contributed by atoms with Gasteiger partial charge in [-0.25, -0.2) is 50.9 Å². The van der Waals surface area contributed by atoms with Crippen LogP contribution in [0, 0.1) is 41.4 Å². The highest BCUT2D eigenvalue weighted by Crippen LogP contribution is 2.25. The number of nitrogens with zero attached hydrogens (tertiary/aromatic N) is 5. The number of piperidine rings is 1. The molecule has 79 heavy (non-hydrogen) atoms. The van der Waals surface area contributed by atoms with Gasteiger partial charge in [0.1, 0.15) is 0 Å². The van der Waals surface area contributed by atoms with Crippen molar-refractivity contribution in [3.05, 3.63) is 0 Å². The van der Waals surface area contributed by atoms with Gasteiger partial charge >= 0.3 is 0 Å². The summed E-state index contributed by atoms with van der Waals surface area (Å²) in [5.41, 5.74) is 0. The Morgan fingerprint density at radius 1 is 0.392 bits per heavy atom. The van der Waals surface area contributed by atoms with E-state index in [9.17, 15) is 42.1 Å². The first-order chi connectivity index (χ1) is 36.6. The molecule has 474 valence electrons. The Hall–Kier alpha value is -0.360. The van der Waals surface area contributed by atoms with Gasteiger partial charge in [-0.1, -0.05) is 109 Å². The second-order valence-electron chi connectivity index (χ2n) is 26.0. The van der Waals surface area contributed by atoms with Crippen LogP contribution in [0.4, 0.5) is 0 Å². The minimum absolute atomic E-state index is 0.338. The summed E-state index contributed by atoms with van der Waals surface area (Å²) in [4.78, 5) is 2.43. The first-order valence-corrected chi connectivity index (χ1v) is 41.4. The van der Waals surface area contributed by atoms with Gasteiger partial charge in [0.05, 0.1) is 23.0 Å². The molecule has 6 rings (SSSR count). The monoisotopic (exact) mass is 1240 g/mol. The van der Waals surface area contributed by atoms with Gasteiger partial charge in [-0.2, -0.15) is 0 Å². The van der Waals surface area contributed by atoms with E-state index in [-0.39, 0.29) is 0 Å². The Labute approximate surface area is 489 Å². The molecule has 6 aliphatic rings. The van der Waals surface area contributed by atoms with Crippen molar-refractivity contribution in [1.82, 2.24) is 22.1 Å². The summed E-state index contributed by atoms with van der Waals surface area (Å²) in [6, 6.07) is 0. The summed E-state index contributed by atoms with van der Waals surface area (Å²) in [6.07, 6.45) is 19.0. The summed E-state index contributed by atoms with van der Waals surface area (Å²) in [6.45, 7) is 35.2. The molecule has 0 aromatic carbocycles. The van der Waals surface area contributed by atoms with E-state index in [0.29, 0.717) is 47.3 Å². The van der Waals surface area contributed by atoms with Gasteiger partial charge in [-0.05, 0) is 169 Å². The number of hydrogen-bond donors (Lipinski definition) is 0. The number of rotatable bonds is 24. The molecule has 0 amide bonds. The number of sulfonamides is 4. The number of hydrogen-bond acceptors (Lipinski definition) is 11. The van der Waals surface area contributed by atoms with Crippen LogP contribution in [-0.2, 0) is 59.1 Å². The molecule has 6 saturated heterocycles. The molecule has 0 unspecified atom stereocenters. The highest BCUT2D eigenvalue weighted by Gasteiger charge is 2.30. The van der Waals surface area contributed by atoms with Crippen molar-refractivity contribution in [2.24, 2.45) is 41.4 Å². The Morgan fingerprint density at radius 2 is 0.772 bits per heavy atom. The van der Waals surface area contributed by atoms with Crippen LogP contribution in [0.1, 0.15) is 199 Å². The molecule has 0 aliphatic carbocycles. The summed E-state index contributed by atoms with van der Waals surface area (Å²) < 4.78 is 121. The third-order valence-corrected chi connectivity index (χ3v) is 27.0. The van der Waals surface area contributed by atoms with E-state index in [2.05, 4.69) is 99.7 Å². The first-order valence-electron chi connectivity index (χ1n) is 30.9. The molecule has 0 aromatic heterocycles. The van der Waals surface area contributed by atoms with Crippen LogP contribution in [0.3, 0.4) is 0 Å². The Kier molecular flexibility index (Phi) is 37.5. The Morgan fingerprint density at radius 3 is 1.16 bits per heavy atom. The molecule has 6 fully saturated rings. The van der Waals surface area contributed by atoms with Crippen LogP contribution in [0.25, 0.3) is 0 Å². The maximum atomic E-state index is 11.9. The van der Waals surface area contributed by atoms with Crippen molar-refractivity contribution in [3.63, 3.8) is 0 Å². The molecule has 0 N–H and O–H groups in total. The predicted molar refractivity (Wildman–Crippen MR) is 343 cm³/mol.